The van der Waals surface area contributed by atoms with E-state index in [1.54, 1.807) is 6.26 Å². The number of benzene rings is 1. The highest BCUT2D eigenvalue weighted by molar-refractivity contribution is 5.26. The zero-order chi connectivity index (χ0) is 14.9. The molecule has 0 spiro atoms. The molecule has 1 atom stereocenters. The quantitative estimate of drug-likeness (QED) is 0.759. The van der Waals surface area contributed by atoms with Gasteiger partial charge in [0.2, 0.25) is 0 Å². The fraction of sp³-hybridized carbons (Fsp3) is 0.444. The third-order valence-electron chi connectivity index (χ3n) is 3.62. The van der Waals surface area contributed by atoms with Crippen molar-refractivity contribution in [3.63, 3.8) is 0 Å². The van der Waals surface area contributed by atoms with Crippen LogP contribution in [-0.2, 0) is 24.3 Å². The van der Waals surface area contributed by atoms with Gasteiger partial charge in [0.05, 0.1) is 12.9 Å². The van der Waals surface area contributed by atoms with Gasteiger partial charge in [0.25, 0.3) is 0 Å². The molecular weight excluding hydrogens is 262 g/mol. The van der Waals surface area contributed by atoms with Crippen molar-refractivity contribution in [3.8, 4) is 0 Å². The molecule has 0 amide bonds. The van der Waals surface area contributed by atoms with Gasteiger partial charge in [0.15, 0.2) is 0 Å². The molecule has 0 aliphatic carbocycles. The average Bonchev–Trinajstić information content (AvgIpc) is 3.03. The molecule has 0 fully saturated rings. The molecule has 0 saturated heterocycles. The summed E-state index contributed by atoms with van der Waals surface area (Å²) >= 11 is 0. The highest BCUT2D eigenvalue weighted by atomic mass is 16.5. The first-order chi connectivity index (χ1) is 10.3. The van der Waals surface area contributed by atoms with Gasteiger partial charge in [-0.2, -0.15) is 0 Å². The minimum absolute atomic E-state index is 0.454. The number of ether oxygens (including phenoxy) is 1. The van der Waals surface area contributed by atoms with Gasteiger partial charge >= 0.3 is 0 Å². The topological polar surface area (TPSA) is 34.4 Å². The number of nitrogens with one attached hydrogen (secondary N) is 1. The normalized spacial score (nSPS) is 12.5. The van der Waals surface area contributed by atoms with E-state index >= 15 is 0 Å². The van der Waals surface area contributed by atoms with Crippen molar-refractivity contribution in [2.75, 3.05) is 6.61 Å². The van der Waals surface area contributed by atoms with Crippen molar-refractivity contribution in [3.05, 3.63) is 59.5 Å². The Bertz CT molecular complexity index is 508. The zero-order valence-electron chi connectivity index (χ0n) is 13.0. The van der Waals surface area contributed by atoms with Crippen LogP contribution in [-0.4, -0.2) is 12.6 Å². The molecule has 2 aromatic rings. The van der Waals surface area contributed by atoms with Gasteiger partial charge < -0.3 is 14.5 Å². The van der Waals surface area contributed by atoms with Gasteiger partial charge in [-0.25, -0.2) is 0 Å². The Morgan fingerprint density at radius 1 is 1.14 bits per heavy atom. The van der Waals surface area contributed by atoms with Crippen molar-refractivity contribution in [2.24, 2.45) is 0 Å². The van der Waals surface area contributed by atoms with Crippen LogP contribution >= 0.6 is 0 Å². The molecule has 3 heteroatoms. The van der Waals surface area contributed by atoms with E-state index in [9.17, 15) is 0 Å². The lowest BCUT2D eigenvalue weighted by atomic mass is 10.1. The van der Waals surface area contributed by atoms with Crippen LogP contribution in [0.3, 0.4) is 0 Å². The second-order valence-electron chi connectivity index (χ2n) is 5.31. The molecule has 0 radical (unpaired) electrons. The number of rotatable bonds is 9. The predicted octanol–water partition coefficient (Wildman–Crippen LogP) is 3.93. The number of aryl methyl sites for hydroxylation is 1. The van der Waals surface area contributed by atoms with Crippen molar-refractivity contribution in [1.82, 2.24) is 5.32 Å². The van der Waals surface area contributed by atoms with Crippen LogP contribution in [0.5, 0.6) is 0 Å². The summed E-state index contributed by atoms with van der Waals surface area (Å²) in [5.41, 5.74) is 2.58. The molecule has 0 saturated carbocycles. The predicted molar refractivity (Wildman–Crippen MR) is 85.1 cm³/mol. The summed E-state index contributed by atoms with van der Waals surface area (Å²) in [6.07, 6.45) is 3.78. The van der Waals surface area contributed by atoms with Gasteiger partial charge in [0.1, 0.15) is 5.76 Å². The van der Waals surface area contributed by atoms with Crippen LogP contribution in [0.1, 0.15) is 37.2 Å². The largest absolute Gasteiger partial charge is 0.469 e. The second kappa shape index (κ2) is 8.65. The van der Waals surface area contributed by atoms with E-state index in [0.29, 0.717) is 12.6 Å². The molecular formula is C18H25NO2. The molecule has 0 bridgehead atoms. The molecule has 1 N–H and O–H groups in total. The van der Waals surface area contributed by atoms with Crippen LogP contribution < -0.4 is 5.32 Å². The van der Waals surface area contributed by atoms with Crippen LogP contribution in [0.4, 0.5) is 0 Å². The number of hydrogen-bond donors (Lipinski definition) is 1. The van der Waals surface area contributed by atoms with Crippen LogP contribution in [0.2, 0.25) is 0 Å². The molecule has 2 rings (SSSR count). The van der Waals surface area contributed by atoms with Crippen molar-refractivity contribution in [1.29, 1.82) is 0 Å². The maximum Gasteiger partial charge on any atom is 0.103 e. The first-order valence-corrected chi connectivity index (χ1v) is 7.70. The van der Waals surface area contributed by atoms with E-state index in [1.165, 1.54) is 11.1 Å². The maximum absolute atomic E-state index is 5.52. The standard InChI is InChI=1S/C18H25NO2/c1-3-20-14-17-8-5-4-7-16(17)13-19-15(2)10-11-18-9-6-12-21-18/h4-9,12,15,19H,3,10-11,13-14H2,1-2H3. The summed E-state index contributed by atoms with van der Waals surface area (Å²) in [4.78, 5) is 0. The van der Waals surface area contributed by atoms with Crippen LogP contribution in [0.15, 0.2) is 47.1 Å². The molecule has 1 unspecified atom stereocenters. The Hall–Kier alpha value is -1.58. The Balaban J connectivity index is 1.79. The zero-order valence-corrected chi connectivity index (χ0v) is 13.0. The third-order valence-corrected chi connectivity index (χ3v) is 3.62. The summed E-state index contributed by atoms with van der Waals surface area (Å²) in [5, 5.41) is 3.58. The van der Waals surface area contributed by atoms with Gasteiger partial charge in [0, 0.05) is 25.6 Å². The van der Waals surface area contributed by atoms with Crippen molar-refractivity contribution in [2.45, 2.75) is 45.9 Å². The van der Waals surface area contributed by atoms with E-state index in [2.05, 4.69) is 36.5 Å². The van der Waals surface area contributed by atoms with Gasteiger partial charge in [-0.05, 0) is 43.5 Å². The maximum atomic E-state index is 5.52. The summed E-state index contributed by atoms with van der Waals surface area (Å²) < 4.78 is 10.9. The highest BCUT2D eigenvalue weighted by Crippen LogP contribution is 2.11. The fourth-order valence-corrected chi connectivity index (χ4v) is 2.28. The van der Waals surface area contributed by atoms with Gasteiger partial charge in [-0.15, -0.1) is 0 Å². The average molecular weight is 287 g/mol. The summed E-state index contributed by atoms with van der Waals surface area (Å²) in [6, 6.07) is 12.9. The SMILES string of the molecule is CCOCc1ccccc1CNC(C)CCc1ccco1. The van der Waals surface area contributed by atoms with Crippen LogP contribution in [0, 0.1) is 0 Å². The molecule has 0 aliphatic rings. The van der Waals surface area contributed by atoms with E-state index in [0.717, 1.165) is 31.8 Å². The molecule has 1 aromatic carbocycles. The molecule has 0 aliphatic heterocycles. The number of furan rings is 1. The smallest absolute Gasteiger partial charge is 0.103 e. The molecule has 21 heavy (non-hydrogen) atoms. The van der Waals surface area contributed by atoms with E-state index in [4.69, 9.17) is 9.15 Å². The van der Waals surface area contributed by atoms with E-state index in [1.807, 2.05) is 19.1 Å². The van der Waals surface area contributed by atoms with E-state index < -0.39 is 0 Å². The molecule has 114 valence electrons. The molecule has 1 heterocycles. The summed E-state index contributed by atoms with van der Waals surface area (Å²) in [6.45, 7) is 6.56. The highest BCUT2D eigenvalue weighted by Gasteiger charge is 2.06. The molecule has 3 nitrogen and oxygen atoms in total. The van der Waals surface area contributed by atoms with Crippen molar-refractivity contribution >= 4 is 0 Å². The minimum atomic E-state index is 0.454. The second-order valence-corrected chi connectivity index (χ2v) is 5.31. The Kier molecular flexibility index (Phi) is 6.51. The van der Waals surface area contributed by atoms with Crippen LogP contribution in [0.25, 0.3) is 0 Å². The minimum Gasteiger partial charge on any atom is -0.469 e. The monoisotopic (exact) mass is 287 g/mol. The lowest BCUT2D eigenvalue weighted by Gasteiger charge is -2.15. The Morgan fingerprint density at radius 2 is 1.95 bits per heavy atom. The summed E-state index contributed by atoms with van der Waals surface area (Å²) in [7, 11) is 0. The lowest BCUT2D eigenvalue weighted by molar-refractivity contribution is 0.133. The molecule has 1 aromatic heterocycles. The third kappa shape index (κ3) is 5.37. The Morgan fingerprint density at radius 3 is 2.67 bits per heavy atom. The first-order valence-electron chi connectivity index (χ1n) is 7.70. The first kappa shape index (κ1) is 15.8. The Labute approximate surface area is 127 Å². The van der Waals surface area contributed by atoms with Gasteiger partial charge in [-0.1, -0.05) is 24.3 Å². The fourth-order valence-electron chi connectivity index (χ4n) is 2.28. The summed E-state index contributed by atoms with van der Waals surface area (Å²) in [5.74, 6) is 1.06. The van der Waals surface area contributed by atoms with E-state index in [-0.39, 0.29) is 0 Å². The lowest BCUT2D eigenvalue weighted by Crippen LogP contribution is -2.26. The van der Waals surface area contributed by atoms with Crippen molar-refractivity contribution < 1.29 is 9.15 Å². The van der Waals surface area contributed by atoms with Gasteiger partial charge in [-0.3, -0.25) is 0 Å². The number of hydrogen-bond acceptors (Lipinski definition) is 3.